The van der Waals surface area contributed by atoms with E-state index in [0.717, 1.165) is 17.6 Å². The van der Waals surface area contributed by atoms with Gasteiger partial charge in [0.15, 0.2) is 5.78 Å². The zero-order chi connectivity index (χ0) is 12.0. The highest BCUT2D eigenvalue weighted by molar-refractivity contribution is 5.92. The largest absolute Gasteiger partial charge is 0.388 e. The van der Waals surface area contributed by atoms with Gasteiger partial charge in [0, 0.05) is 11.8 Å². The van der Waals surface area contributed by atoms with E-state index in [1.807, 2.05) is 18.2 Å². The minimum absolute atomic E-state index is 0.0519. The molecule has 1 aromatic rings. The van der Waals surface area contributed by atoms with Crippen molar-refractivity contribution in [3.63, 3.8) is 0 Å². The van der Waals surface area contributed by atoms with E-state index in [1.54, 1.807) is 6.08 Å². The Bertz CT molecular complexity index is 515. The van der Waals surface area contributed by atoms with Gasteiger partial charge in [0.2, 0.25) is 0 Å². The highest BCUT2D eigenvalue weighted by Crippen LogP contribution is 2.49. The first-order chi connectivity index (χ1) is 8.11. The molecule has 3 rings (SSSR count). The summed E-state index contributed by atoms with van der Waals surface area (Å²) in [5.74, 6) is 0.198. The SMILES string of the molecule is C[C@]12CCC(=O)C=C1C[C@H](O)c1ccccc12. The van der Waals surface area contributed by atoms with E-state index in [1.165, 1.54) is 5.56 Å². The molecule has 0 heterocycles. The molecular weight excluding hydrogens is 212 g/mol. The molecule has 2 atom stereocenters. The van der Waals surface area contributed by atoms with Crippen LogP contribution in [0.2, 0.25) is 0 Å². The lowest BCUT2D eigenvalue weighted by Gasteiger charge is -2.42. The zero-order valence-corrected chi connectivity index (χ0v) is 9.94. The van der Waals surface area contributed by atoms with Crippen LogP contribution in [0.15, 0.2) is 35.9 Å². The average molecular weight is 228 g/mol. The molecule has 1 aromatic carbocycles. The molecule has 0 spiro atoms. The molecule has 0 amide bonds. The van der Waals surface area contributed by atoms with Gasteiger partial charge in [0.25, 0.3) is 0 Å². The number of carbonyl (C=O) groups excluding carboxylic acids is 1. The number of carbonyl (C=O) groups is 1. The van der Waals surface area contributed by atoms with Crippen molar-refractivity contribution in [2.24, 2.45) is 0 Å². The fraction of sp³-hybridized carbons (Fsp3) is 0.400. The second-order valence-electron chi connectivity index (χ2n) is 5.28. The number of hydrogen-bond donors (Lipinski definition) is 1. The molecule has 2 aliphatic carbocycles. The van der Waals surface area contributed by atoms with E-state index in [4.69, 9.17) is 0 Å². The summed E-state index contributed by atoms with van der Waals surface area (Å²) in [6, 6.07) is 8.06. The molecule has 0 bridgehead atoms. The second kappa shape index (κ2) is 3.54. The fourth-order valence-corrected chi connectivity index (χ4v) is 3.16. The number of allylic oxidation sites excluding steroid dienone is 1. The van der Waals surface area contributed by atoms with Gasteiger partial charge < -0.3 is 5.11 Å². The van der Waals surface area contributed by atoms with Crippen molar-refractivity contribution < 1.29 is 9.90 Å². The molecule has 0 aliphatic heterocycles. The van der Waals surface area contributed by atoms with Gasteiger partial charge in [0.1, 0.15) is 0 Å². The van der Waals surface area contributed by atoms with Crippen LogP contribution >= 0.6 is 0 Å². The quantitative estimate of drug-likeness (QED) is 0.741. The molecule has 1 N–H and O–H groups in total. The second-order valence-corrected chi connectivity index (χ2v) is 5.28. The van der Waals surface area contributed by atoms with Crippen molar-refractivity contribution in [3.8, 4) is 0 Å². The lowest BCUT2D eigenvalue weighted by Crippen LogP contribution is -2.35. The molecule has 0 fully saturated rings. The van der Waals surface area contributed by atoms with Crippen molar-refractivity contribution in [1.82, 2.24) is 0 Å². The van der Waals surface area contributed by atoms with Gasteiger partial charge >= 0.3 is 0 Å². The Morgan fingerprint density at radius 2 is 2.12 bits per heavy atom. The molecular formula is C15H16O2. The van der Waals surface area contributed by atoms with Gasteiger partial charge in [-0.3, -0.25) is 4.79 Å². The number of benzene rings is 1. The summed E-state index contributed by atoms with van der Waals surface area (Å²) in [6.07, 6.45) is 3.37. The van der Waals surface area contributed by atoms with Crippen molar-refractivity contribution in [2.75, 3.05) is 0 Å². The molecule has 0 saturated heterocycles. The first-order valence-corrected chi connectivity index (χ1v) is 6.12. The summed E-state index contributed by atoms with van der Waals surface area (Å²) in [5.41, 5.74) is 3.27. The zero-order valence-electron chi connectivity index (χ0n) is 9.94. The maximum absolute atomic E-state index is 11.5. The Labute approximate surface area is 101 Å². The third-order valence-corrected chi connectivity index (χ3v) is 4.24. The van der Waals surface area contributed by atoms with Crippen LogP contribution in [0.4, 0.5) is 0 Å². The molecule has 0 radical (unpaired) electrons. The highest BCUT2D eigenvalue weighted by Gasteiger charge is 2.41. The third-order valence-electron chi connectivity index (χ3n) is 4.24. The van der Waals surface area contributed by atoms with Crippen molar-refractivity contribution in [3.05, 3.63) is 47.0 Å². The van der Waals surface area contributed by atoms with E-state index in [9.17, 15) is 9.90 Å². The molecule has 2 nitrogen and oxygen atoms in total. The lowest BCUT2D eigenvalue weighted by molar-refractivity contribution is -0.115. The number of rotatable bonds is 0. The Hall–Kier alpha value is -1.41. The van der Waals surface area contributed by atoms with E-state index >= 15 is 0 Å². The number of ketones is 1. The predicted octanol–water partition coefficient (Wildman–Crippen LogP) is 2.67. The van der Waals surface area contributed by atoms with Gasteiger partial charge in [0.05, 0.1) is 6.10 Å². The maximum atomic E-state index is 11.5. The van der Waals surface area contributed by atoms with Crippen LogP contribution in [0.5, 0.6) is 0 Å². The van der Waals surface area contributed by atoms with Gasteiger partial charge in [-0.15, -0.1) is 0 Å². The van der Waals surface area contributed by atoms with Gasteiger partial charge in [-0.1, -0.05) is 36.8 Å². The Morgan fingerprint density at radius 1 is 1.35 bits per heavy atom. The number of aliphatic hydroxyl groups excluding tert-OH is 1. The standard InChI is InChI=1S/C15H16O2/c1-15-7-6-11(16)8-10(15)9-14(17)12-4-2-3-5-13(12)15/h2-5,8,14,17H,6-7,9H2,1H3/t14-,15-/m0/s1. The van der Waals surface area contributed by atoms with Gasteiger partial charge in [-0.2, -0.15) is 0 Å². The summed E-state index contributed by atoms with van der Waals surface area (Å²) in [7, 11) is 0. The topological polar surface area (TPSA) is 37.3 Å². The van der Waals surface area contributed by atoms with Crippen molar-refractivity contribution in [2.45, 2.75) is 37.7 Å². The number of hydrogen-bond acceptors (Lipinski definition) is 2. The van der Waals surface area contributed by atoms with Crippen LogP contribution in [0.25, 0.3) is 0 Å². The van der Waals surface area contributed by atoms with Crippen LogP contribution in [0, 0.1) is 0 Å². The Morgan fingerprint density at radius 3 is 2.94 bits per heavy atom. The van der Waals surface area contributed by atoms with Gasteiger partial charge in [-0.25, -0.2) is 0 Å². The number of aliphatic hydroxyl groups is 1. The monoisotopic (exact) mass is 228 g/mol. The van der Waals surface area contributed by atoms with E-state index in [0.29, 0.717) is 12.8 Å². The first kappa shape index (κ1) is 10.7. The smallest absolute Gasteiger partial charge is 0.155 e. The molecule has 2 heteroatoms. The van der Waals surface area contributed by atoms with E-state index < -0.39 is 6.10 Å². The van der Waals surface area contributed by atoms with Gasteiger partial charge in [-0.05, 0) is 30.0 Å². The van der Waals surface area contributed by atoms with Crippen LogP contribution in [0.3, 0.4) is 0 Å². The summed E-state index contributed by atoms with van der Waals surface area (Å²) in [4.78, 5) is 11.5. The van der Waals surface area contributed by atoms with E-state index in [-0.39, 0.29) is 11.2 Å². The maximum Gasteiger partial charge on any atom is 0.155 e. The van der Waals surface area contributed by atoms with Crippen molar-refractivity contribution in [1.29, 1.82) is 0 Å². The Balaban J connectivity index is 2.21. The highest BCUT2D eigenvalue weighted by atomic mass is 16.3. The Kier molecular flexibility index (Phi) is 2.23. The molecule has 0 unspecified atom stereocenters. The molecule has 0 aromatic heterocycles. The van der Waals surface area contributed by atoms with Crippen LogP contribution in [-0.2, 0) is 10.2 Å². The minimum Gasteiger partial charge on any atom is -0.388 e. The predicted molar refractivity (Wildman–Crippen MR) is 65.7 cm³/mol. The minimum atomic E-state index is -0.462. The summed E-state index contributed by atoms with van der Waals surface area (Å²) < 4.78 is 0. The summed E-state index contributed by atoms with van der Waals surface area (Å²) >= 11 is 0. The fourth-order valence-electron chi connectivity index (χ4n) is 3.16. The van der Waals surface area contributed by atoms with Crippen molar-refractivity contribution >= 4 is 5.78 Å². The molecule has 0 saturated carbocycles. The van der Waals surface area contributed by atoms with Crippen LogP contribution in [-0.4, -0.2) is 10.9 Å². The van der Waals surface area contributed by atoms with E-state index in [2.05, 4.69) is 13.0 Å². The third kappa shape index (κ3) is 1.48. The average Bonchev–Trinajstić information content (AvgIpc) is 2.33. The number of fused-ring (bicyclic) bond motifs is 3. The van der Waals surface area contributed by atoms with Crippen LogP contribution in [0.1, 0.15) is 43.4 Å². The van der Waals surface area contributed by atoms with Crippen LogP contribution < -0.4 is 0 Å². The molecule has 2 aliphatic rings. The normalized spacial score (nSPS) is 31.5. The summed E-state index contributed by atoms with van der Waals surface area (Å²) in [6.45, 7) is 2.19. The summed E-state index contributed by atoms with van der Waals surface area (Å²) in [5, 5.41) is 10.1. The molecule has 17 heavy (non-hydrogen) atoms. The lowest BCUT2D eigenvalue weighted by atomic mass is 9.62. The first-order valence-electron chi connectivity index (χ1n) is 6.12. The molecule has 88 valence electrons.